The molecule has 0 spiro atoms. The maximum absolute atomic E-state index is 13.7. The second kappa shape index (κ2) is 7.43. The molecule has 0 aliphatic heterocycles. The van der Waals surface area contributed by atoms with Crippen LogP contribution in [0.15, 0.2) is 36.4 Å². The number of hydrogen-bond donors (Lipinski definition) is 1. The molecule has 0 amide bonds. The van der Waals surface area contributed by atoms with Gasteiger partial charge in [-0.15, -0.1) is 0 Å². The minimum Gasteiger partial charge on any atom is -0.457 e. The molecule has 0 bridgehead atoms. The summed E-state index contributed by atoms with van der Waals surface area (Å²) in [5.74, 6) is 0.874. The van der Waals surface area contributed by atoms with Crippen molar-refractivity contribution in [2.45, 2.75) is 26.8 Å². The van der Waals surface area contributed by atoms with Gasteiger partial charge in [-0.25, -0.2) is 4.39 Å². The van der Waals surface area contributed by atoms with Crippen molar-refractivity contribution in [3.63, 3.8) is 0 Å². The Labute approximate surface area is 129 Å². The van der Waals surface area contributed by atoms with Gasteiger partial charge in [0.1, 0.15) is 17.3 Å². The third-order valence-corrected chi connectivity index (χ3v) is 3.29. The van der Waals surface area contributed by atoms with E-state index in [9.17, 15) is 4.39 Å². The first-order chi connectivity index (χ1) is 10.1. The molecule has 0 unspecified atom stereocenters. The summed E-state index contributed by atoms with van der Waals surface area (Å²) in [6.07, 6.45) is 1.04. The van der Waals surface area contributed by atoms with E-state index in [0.717, 1.165) is 24.1 Å². The van der Waals surface area contributed by atoms with E-state index in [0.29, 0.717) is 23.1 Å². The van der Waals surface area contributed by atoms with Crippen molar-refractivity contribution in [3.05, 3.63) is 58.4 Å². The molecule has 0 aliphatic carbocycles. The first-order valence-corrected chi connectivity index (χ1v) is 7.40. The lowest BCUT2D eigenvalue weighted by atomic mass is 10.2. The average Bonchev–Trinajstić information content (AvgIpc) is 2.42. The summed E-state index contributed by atoms with van der Waals surface area (Å²) in [5, 5.41) is 3.90. The highest BCUT2D eigenvalue weighted by Crippen LogP contribution is 2.28. The molecule has 2 rings (SSSR count). The van der Waals surface area contributed by atoms with Crippen LogP contribution in [-0.4, -0.2) is 6.54 Å². The SMILES string of the molecule is CCCNCc1cc(F)cc(Oc2ccc(Cl)cc2C)c1. The average molecular weight is 308 g/mol. The Morgan fingerprint density at radius 2 is 2.00 bits per heavy atom. The van der Waals surface area contributed by atoms with Gasteiger partial charge in [-0.1, -0.05) is 18.5 Å². The van der Waals surface area contributed by atoms with Crippen molar-refractivity contribution in [3.8, 4) is 11.5 Å². The van der Waals surface area contributed by atoms with Crippen LogP contribution in [0, 0.1) is 12.7 Å². The third-order valence-electron chi connectivity index (χ3n) is 3.05. The standard InChI is InChI=1S/C17H19ClFNO/c1-3-6-20-11-13-8-15(19)10-16(9-13)21-17-5-4-14(18)7-12(17)2/h4-5,7-10,20H,3,6,11H2,1-2H3. The van der Waals surface area contributed by atoms with E-state index in [4.69, 9.17) is 16.3 Å². The van der Waals surface area contributed by atoms with E-state index in [2.05, 4.69) is 12.2 Å². The maximum Gasteiger partial charge on any atom is 0.130 e. The summed E-state index contributed by atoms with van der Waals surface area (Å²) in [4.78, 5) is 0. The van der Waals surface area contributed by atoms with Crippen LogP contribution >= 0.6 is 11.6 Å². The molecule has 0 fully saturated rings. The molecule has 21 heavy (non-hydrogen) atoms. The zero-order valence-corrected chi connectivity index (χ0v) is 13.0. The molecule has 2 aromatic rings. The summed E-state index contributed by atoms with van der Waals surface area (Å²) >= 11 is 5.92. The van der Waals surface area contributed by atoms with E-state index >= 15 is 0 Å². The molecule has 0 saturated carbocycles. The molecule has 0 atom stereocenters. The first-order valence-electron chi connectivity index (χ1n) is 7.02. The van der Waals surface area contributed by atoms with Crippen molar-refractivity contribution in [2.24, 2.45) is 0 Å². The quantitative estimate of drug-likeness (QED) is 0.751. The van der Waals surface area contributed by atoms with Crippen molar-refractivity contribution in [1.29, 1.82) is 0 Å². The molecule has 1 N–H and O–H groups in total. The zero-order valence-electron chi connectivity index (χ0n) is 12.2. The Morgan fingerprint density at radius 3 is 2.71 bits per heavy atom. The predicted molar refractivity (Wildman–Crippen MR) is 84.7 cm³/mol. The molecule has 112 valence electrons. The molecule has 0 radical (unpaired) electrons. The number of aryl methyl sites for hydroxylation is 1. The van der Waals surface area contributed by atoms with Gasteiger partial charge >= 0.3 is 0 Å². The van der Waals surface area contributed by atoms with Gasteiger partial charge in [0.05, 0.1) is 0 Å². The molecule has 0 aromatic heterocycles. The second-order valence-electron chi connectivity index (χ2n) is 4.98. The number of benzene rings is 2. The summed E-state index contributed by atoms with van der Waals surface area (Å²) < 4.78 is 19.4. The van der Waals surface area contributed by atoms with Crippen LogP contribution in [0.5, 0.6) is 11.5 Å². The monoisotopic (exact) mass is 307 g/mol. The third kappa shape index (κ3) is 4.73. The van der Waals surface area contributed by atoms with Crippen LogP contribution in [0.25, 0.3) is 0 Å². The van der Waals surface area contributed by atoms with Crippen molar-refractivity contribution >= 4 is 11.6 Å². The lowest BCUT2D eigenvalue weighted by Gasteiger charge is -2.11. The molecule has 0 saturated heterocycles. The summed E-state index contributed by atoms with van der Waals surface area (Å²) in [6.45, 7) is 5.53. The Morgan fingerprint density at radius 1 is 1.19 bits per heavy atom. The Balaban J connectivity index is 2.15. The molecule has 2 aromatic carbocycles. The molecule has 0 aliphatic rings. The van der Waals surface area contributed by atoms with Gasteiger partial charge in [-0.05, 0) is 61.3 Å². The molecular weight excluding hydrogens is 289 g/mol. The van der Waals surface area contributed by atoms with Gasteiger partial charge in [-0.2, -0.15) is 0 Å². The fraction of sp³-hybridized carbons (Fsp3) is 0.294. The molecule has 2 nitrogen and oxygen atoms in total. The van der Waals surface area contributed by atoms with Crippen LogP contribution in [0.3, 0.4) is 0 Å². The van der Waals surface area contributed by atoms with Crippen LogP contribution < -0.4 is 10.1 Å². The van der Waals surface area contributed by atoms with Gasteiger partial charge in [0.15, 0.2) is 0 Å². The Kier molecular flexibility index (Phi) is 5.59. The number of nitrogens with one attached hydrogen (secondary N) is 1. The Bertz CT molecular complexity index is 616. The van der Waals surface area contributed by atoms with E-state index in [1.165, 1.54) is 12.1 Å². The predicted octanol–water partition coefficient (Wildman–Crippen LogP) is 5.08. The number of ether oxygens (including phenoxy) is 1. The van der Waals surface area contributed by atoms with Crippen molar-refractivity contribution < 1.29 is 9.13 Å². The first kappa shape index (κ1) is 15.8. The van der Waals surface area contributed by atoms with Crippen LogP contribution in [-0.2, 0) is 6.54 Å². The summed E-state index contributed by atoms with van der Waals surface area (Å²) in [5.41, 5.74) is 1.78. The minimum atomic E-state index is -0.299. The van der Waals surface area contributed by atoms with E-state index < -0.39 is 0 Å². The van der Waals surface area contributed by atoms with Gasteiger partial charge in [0.25, 0.3) is 0 Å². The largest absolute Gasteiger partial charge is 0.457 e. The highest BCUT2D eigenvalue weighted by Gasteiger charge is 2.06. The highest BCUT2D eigenvalue weighted by molar-refractivity contribution is 6.30. The second-order valence-corrected chi connectivity index (χ2v) is 5.42. The molecule has 4 heteroatoms. The van der Waals surface area contributed by atoms with Gasteiger partial charge in [-0.3, -0.25) is 0 Å². The van der Waals surface area contributed by atoms with E-state index in [1.54, 1.807) is 12.1 Å². The summed E-state index contributed by atoms with van der Waals surface area (Å²) in [7, 11) is 0. The smallest absolute Gasteiger partial charge is 0.130 e. The molecular formula is C17H19ClFNO. The van der Waals surface area contributed by atoms with Crippen molar-refractivity contribution in [2.75, 3.05) is 6.54 Å². The van der Waals surface area contributed by atoms with Gasteiger partial charge in [0.2, 0.25) is 0 Å². The minimum absolute atomic E-state index is 0.299. The normalized spacial score (nSPS) is 10.7. The molecule has 0 heterocycles. The van der Waals surface area contributed by atoms with E-state index in [1.807, 2.05) is 19.1 Å². The number of halogens is 2. The number of hydrogen-bond acceptors (Lipinski definition) is 2. The van der Waals surface area contributed by atoms with E-state index in [-0.39, 0.29) is 5.82 Å². The van der Waals surface area contributed by atoms with Crippen LogP contribution in [0.4, 0.5) is 4.39 Å². The van der Waals surface area contributed by atoms with Crippen LogP contribution in [0.1, 0.15) is 24.5 Å². The zero-order chi connectivity index (χ0) is 15.2. The number of rotatable bonds is 6. The van der Waals surface area contributed by atoms with Crippen molar-refractivity contribution in [1.82, 2.24) is 5.32 Å². The Hall–Kier alpha value is -1.58. The maximum atomic E-state index is 13.7. The van der Waals surface area contributed by atoms with Crippen LogP contribution in [0.2, 0.25) is 5.02 Å². The lowest BCUT2D eigenvalue weighted by molar-refractivity contribution is 0.471. The van der Waals surface area contributed by atoms with Gasteiger partial charge in [0, 0.05) is 17.6 Å². The summed E-state index contributed by atoms with van der Waals surface area (Å²) in [6, 6.07) is 10.1. The lowest BCUT2D eigenvalue weighted by Crippen LogP contribution is -2.13. The fourth-order valence-electron chi connectivity index (χ4n) is 2.05. The fourth-order valence-corrected chi connectivity index (χ4v) is 2.27. The van der Waals surface area contributed by atoms with Gasteiger partial charge < -0.3 is 10.1 Å². The topological polar surface area (TPSA) is 21.3 Å². The highest BCUT2D eigenvalue weighted by atomic mass is 35.5.